The summed E-state index contributed by atoms with van der Waals surface area (Å²) in [6.07, 6.45) is 4.60. The van der Waals surface area contributed by atoms with Gasteiger partial charge >= 0.3 is 0 Å². The predicted molar refractivity (Wildman–Crippen MR) is 124 cm³/mol. The highest BCUT2D eigenvalue weighted by atomic mass is 32.2. The van der Waals surface area contributed by atoms with Crippen molar-refractivity contribution < 1.29 is 9.53 Å². The molecule has 0 bridgehead atoms. The van der Waals surface area contributed by atoms with Crippen molar-refractivity contribution in [1.29, 1.82) is 0 Å². The van der Waals surface area contributed by atoms with Gasteiger partial charge in [-0.3, -0.25) is 4.79 Å². The summed E-state index contributed by atoms with van der Waals surface area (Å²) >= 11 is 1.70. The van der Waals surface area contributed by atoms with Gasteiger partial charge in [-0.15, -0.1) is 11.8 Å². The van der Waals surface area contributed by atoms with Gasteiger partial charge in [-0.25, -0.2) is 0 Å². The van der Waals surface area contributed by atoms with Crippen molar-refractivity contribution in [3.05, 3.63) is 77.4 Å². The fourth-order valence-electron chi connectivity index (χ4n) is 4.41. The maximum atomic E-state index is 12.4. The third-order valence-corrected chi connectivity index (χ3v) is 8.07. The number of ether oxygens (including phenoxy) is 1. The molecule has 158 valence electrons. The van der Waals surface area contributed by atoms with E-state index in [1.807, 2.05) is 35.2 Å². The number of rotatable bonds is 7. The predicted octanol–water partition coefficient (Wildman–Crippen LogP) is 6.22. The van der Waals surface area contributed by atoms with Gasteiger partial charge in [0.25, 0.3) is 0 Å². The summed E-state index contributed by atoms with van der Waals surface area (Å²) in [5.74, 6) is 2.31. The van der Waals surface area contributed by atoms with E-state index in [4.69, 9.17) is 4.74 Å². The first-order valence-electron chi connectivity index (χ1n) is 10.8. The first-order chi connectivity index (χ1) is 14.4. The van der Waals surface area contributed by atoms with Crippen molar-refractivity contribution in [3.63, 3.8) is 0 Å². The lowest BCUT2D eigenvalue weighted by Gasteiger charge is -2.29. The van der Waals surface area contributed by atoms with Crippen LogP contribution in [0.5, 0.6) is 5.75 Å². The third kappa shape index (κ3) is 4.44. The standard InChI is InChI=1S/C26H31NO2S/c1-19-9-12-22(26(19,2)3)15-16-29-23-13-10-21(11-14-23)25-27(24(28)18-30-25)17-20-7-5-4-6-8-20/h4-11,13-14,22,25H,12,15-18H2,1-3H3/t22-,25?/m0/s1. The van der Waals surface area contributed by atoms with E-state index in [1.165, 1.54) is 5.57 Å². The van der Waals surface area contributed by atoms with Gasteiger partial charge in [0.1, 0.15) is 11.1 Å². The smallest absolute Gasteiger partial charge is 0.234 e. The molecule has 1 unspecified atom stereocenters. The van der Waals surface area contributed by atoms with Gasteiger partial charge in [-0.05, 0) is 54.4 Å². The lowest BCUT2D eigenvalue weighted by Crippen LogP contribution is -2.27. The number of carbonyl (C=O) groups excluding carboxylic acids is 1. The van der Waals surface area contributed by atoms with Crippen LogP contribution in [0.3, 0.4) is 0 Å². The van der Waals surface area contributed by atoms with Gasteiger partial charge in [-0.2, -0.15) is 0 Å². The largest absolute Gasteiger partial charge is 0.494 e. The van der Waals surface area contributed by atoms with Crippen LogP contribution < -0.4 is 4.74 Å². The second kappa shape index (κ2) is 8.89. The molecule has 1 aliphatic carbocycles. The molecular weight excluding hydrogens is 390 g/mol. The summed E-state index contributed by atoms with van der Waals surface area (Å²) in [4.78, 5) is 14.4. The number of amides is 1. The highest BCUT2D eigenvalue weighted by Crippen LogP contribution is 2.44. The van der Waals surface area contributed by atoms with Gasteiger partial charge in [0.05, 0.1) is 12.4 Å². The Hall–Kier alpha value is -2.20. The van der Waals surface area contributed by atoms with Crippen molar-refractivity contribution in [2.75, 3.05) is 12.4 Å². The van der Waals surface area contributed by atoms with E-state index in [2.05, 4.69) is 51.1 Å². The second-order valence-corrected chi connectivity index (χ2v) is 9.99. The van der Waals surface area contributed by atoms with Crippen molar-refractivity contribution in [2.45, 2.75) is 45.5 Å². The van der Waals surface area contributed by atoms with Gasteiger partial charge in [0, 0.05) is 6.54 Å². The summed E-state index contributed by atoms with van der Waals surface area (Å²) in [7, 11) is 0. The lowest BCUT2D eigenvalue weighted by molar-refractivity contribution is -0.128. The summed E-state index contributed by atoms with van der Waals surface area (Å²) in [5.41, 5.74) is 4.10. The van der Waals surface area contributed by atoms with E-state index >= 15 is 0 Å². The lowest BCUT2D eigenvalue weighted by atomic mass is 9.76. The molecule has 0 spiro atoms. The maximum Gasteiger partial charge on any atom is 0.234 e. The van der Waals surface area contributed by atoms with Gasteiger partial charge in [-0.1, -0.05) is 68.0 Å². The molecule has 30 heavy (non-hydrogen) atoms. The molecule has 1 aliphatic heterocycles. The highest BCUT2D eigenvalue weighted by Gasteiger charge is 2.35. The Kier molecular flexibility index (Phi) is 6.24. The van der Waals surface area contributed by atoms with Crippen LogP contribution in [0, 0.1) is 11.3 Å². The minimum Gasteiger partial charge on any atom is -0.494 e. The van der Waals surface area contributed by atoms with Crippen molar-refractivity contribution >= 4 is 17.7 Å². The summed E-state index contributed by atoms with van der Waals surface area (Å²) in [6, 6.07) is 18.5. The number of hydrogen-bond donors (Lipinski definition) is 0. The van der Waals surface area contributed by atoms with E-state index in [-0.39, 0.29) is 16.7 Å². The molecule has 2 aromatic carbocycles. The number of benzene rings is 2. The fourth-order valence-corrected chi connectivity index (χ4v) is 5.59. The number of allylic oxidation sites excluding steroid dienone is 2. The molecule has 0 N–H and O–H groups in total. The molecule has 2 aliphatic rings. The fraction of sp³-hybridized carbons (Fsp3) is 0.423. The van der Waals surface area contributed by atoms with Gasteiger partial charge < -0.3 is 9.64 Å². The minimum absolute atomic E-state index is 0.0695. The SMILES string of the molecule is CC1=CC[C@@H](CCOc2ccc(C3SCC(=O)N3Cc3ccccc3)cc2)C1(C)C. The van der Waals surface area contributed by atoms with E-state index in [0.717, 1.165) is 36.3 Å². The van der Waals surface area contributed by atoms with Crippen molar-refractivity contribution in [1.82, 2.24) is 4.90 Å². The molecule has 4 heteroatoms. The molecular formula is C26H31NO2S. The van der Waals surface area contributed by atoms with Gasteiger partial charge in [0.2, 0.25) is 5.91 Å². The average Bonchev–Trinajstić information content (AvgIpc) is 3.23. The Morgan fingerprint density at radius 1 is 1.10 bits per heavy atom. The zero-order valence-electron chi connectivity index (χ0n) is 18.1. The zero-order valence-corrected chi connectivity index (χ0v) is 19.0. The molecule has 4 rings (SSSR count). The first-order valence-corrected chi connectivity index (χ1v) is 11.8. The van der Waals surface area contributed by atoms with Crippen LogP contribution in [0.1, 0.15) is 50.1 Å². The molecule has 1 saturated heterocycles. The van der Waals surface area contributed by atoms with Crippen LogP contribution in [0.25, 0.3) is 0 Å². The normalized spacial score (nSPS) is 23.0. The molecule has 3 nitrogen and oxygen atoms in total. The Morgan fingerprint density at radius 3 is 2.50 bits per heavy atom. The molecule has 1 heterocycles. The molecule has 0 saturated carbocycles. The Morgan fingerprint density at radius 2 is 1.83 bits per heavy atom. The Balaban J connectivity index is 1.34. The molecule has 2 atom stereocenters. The average molecular weight is 422 g/mol. The molecule has 2 aromatic rings. The zero-order chi connectivity index (χ0) is 21.1. The highest BCUT2D eigenvalue weighted by molar-refractivity contribution is 8.00. The van der Waals surface area contributed by atoms with E-state index in [9.17, 15) is 4.79 Å². The summed E-state index contributed by atoms with van der Waals surface area (Å²) in [5, 5.41) is 0.0695. The number of thioether (sulfide) groups is 1. The van der Waals surface area contributed by atoms with Crippen LogP contribution in [0.2, 0.25) is 0 Å². The van der Waals surface area contributed by atoms with Crippen molar-refractivity contribution in [3.8, 4) is 5.75 Å². The molecule has 1 amide bonds. The maximum absolute atomic E-state index is 12.4. The molecule has 1 fully saturated rings. The van der Waals surface area contributed by atoms with E-state index in [1.54, 1.807) is 11.8 Å². The number of carbonyl (C=O) groups is 1. The van der Waals surface area contributed by atoms with Gasteiger partial charge in [0.15, 0.2) is 0 Å². The first kappa shape index (κ1) is 21.0. The minimum atomic E-state index is 0.0695. The monoisotopic (exact) mass is 421 g/mol. The van der Waals surface area contributed by atoms with Crippen LogP contribution in [0.15, 0.2) is 66.2 Å². The quantitative estimate of drug-likeness (QED) is 0.497. The van der Waals surface area contributed by atoms with E-state index < -0.39 is 0 Å². The number of hydrogen-bond acceptors (Lipinski definition) is 3. The molecule has 0 radical (unpaired) electrons. The summed E-state index contributed by atoms with van der Waals surface area (Å²) in [6.45, 7) is 8.32. The van der Waals surface area contributed by atoms with Crippen LogP contribution >= 0.6 is 11.8 Å². The van der Waals surface area contributed by atoms with Crippen LogP contribution in [0.4, 0.5) is 0 Å². The topological polar surface area (TPSA) is 29.5 Å². The Bertz CT molecular complexity index is 904. The number of nitrogens with zero attached hydrogens (tertiary/aromatic N) is 1. The van der Waals surface area contributed by atoms with Crippen LogP contribution in [-0.2, 0) is 11.3 Å². The van der Waals surface area contributed by atoms with E-state index in [0.29, 0.717) is 18.2 Å². The van der Waals surface area contributed by atoms with Crippen molar-refractivity contribution in [2.24, 2.45) is 11.3 Å². The van der Waals surface area contributed by atoms with Crippen LogP contribution in [-0.4, -0.2) is 23.2 Å². The Labute approximate surface area is 184 Å². The third-order valence-electron chi connectivity index (χ3n) is 6.81. The summed E-state index contributed by atoms with van der Waals surface area (Å²) < 4.78 is 6.05. The molecule has 0 aromatic heterocycles. The second-order valence-electron chi connectivity index (χ2n) is 8.92.